The highest BCUT2D eigenvalue weighted by Gasteiger charge is 2.55. The summed E-state index contributed by atoms with van der Waals surface area (Å²) in [7, 11) is 0. The second-order valence-corrected chi connectivity index (χ2v) is 7.30. The number of hydrogen-bond acceptors (Lipinski definition) is 3. The highest BCUT2D eigenvalue weighted by Crippen LogP contribution is 2.52. The van der Waals surface area contributed by atoms with Crippen LogP contribution in [-0.4, -0.2) is 29.5 Å². The Kier molecular flexibility index (Phi) is 4.29. The lowest BCUT2D eigenvalue weighted by atomic mass is 9.57. The van der Waals surface area contributed by atoms with Crippen LogP contribution in [0.3, 0.4) is 0 Å². The molecule has 112 valence electrons. The molecular weight excluding hydrogens is 238 g/mol. The van der Waals surface area contributed by atoms with Crippen LogP contribution >= 0.6 is 0 Å². The van der Waals surface area contributed by atoms with Crippen molar-refractivity contribution in [1.82, 2.24) is 0 Å². The zero-order valence-corrected chi connectivity index (χ0v) is 12.9. The molecule has 2 aliphatic rings. The molecule has 3 heteroatoms. The van der Waals surface area contributed by atoms with Gasteiger partial charge in [-0.25, -0.2) is 0 Å². The topological polar surface area (TPSA) is 55.5 Å². The number of hydrogen-bond donors (Lipinski definition) is 2. The van der Waals surface area contributed by atoms with Gasteiger partial charge < -0.3 is 15.6 Å². The number of nitrogens with two attached hydrogens (primary N) is 1. The zero-order chi connectivity index (χ0) is 14.1. The summed E-state index contributed by atoms with van der Waals surface area (Å²) in [5, 5.41) is 11.4. The summed E-state index contributed by atoms with van der Waals surface area (Å²) in [5.74, 6) is 0.678. The Hall–Kier alpha value is -0.120. The van der Waals surface area contributed by atoms with Crippen molar-refractivity contribution in [2.75, 3.05) is 13.2 Å². The first-order valence-electron chi connectivity index (χ1n) is 7.95. The second kappa shape index (κ2) is 5.34. The molecular formula is C16H31NO2. The van der Waals surface area contributed by atoms with Crippen molar-refractivity contribution < 1.29 is 9.84 Å². The van der Waals surface area contributed by atoms with Crippen LogP contribution in [0, 0.1) is 11.3 Å². The van der Waals surface area contributed by atoms with Crippen molar-refractivity contribution in [2.45, 2.75) is 76.9 Å². The summed E-state index contributed by atoms with van der Waals surface area (Å²) in [6.07, 6.45) is 7.05. The molecule has 3 N–H and O–H groups in total. The fourth-order valence-corrected chi connectivity index (χ4v) is 4.36. The van der Waals surface area contributed by atoms with E-state index >= 15 is 0 Å². The molecule has 2 rings (SSSR count). The summed E-state index contributed by atoms with van der Waals surface area (Å²) in [4.78, 5) is 0. The van der Waals surface area contributed by atoms with Crippen LogP contribution < -0.4 is 5.73 Å². The Morgan fingerprint density at radius 3 is 2.68 bits per heavy atom. The van der Waals surface area contributed by atoms with Gasteiger partial charge in [-0.05, 0) is 32.1 Å². The quantitative estimate of drug-likeness (QED) is 0.828. The van der Waals surface area contributed by atoms with Crippen molar-refractivity contribution in [2.24, 2.45) is 17.1 Å². The van der Waals surface area contributed by atoms with Gasteiger partial charge in [-0.3, -0.25) is 0 Å². The van der Waals surface area contributed by atoms with E-state index in [1.807, 2.05) is 0 Å². The summed E-state index contributed by atoms with van der Waals surface area (Å²) >= 11 is 0. The van der Waals surface area contributed by atoms with Crippen LogP contribution in [0.2, 0.25) is 0 Å². The van der Waals surface area contributed by atoms with Crippen LogP contribution in [0.1, 0.15) is 65.7 Å². The highest BCUT2D eigenvalue weighted by atomic mass is 16.5. The Morgan fingerprint density at radius 2 is 2.11 bits per heavy atom. The second-order valence-electron chi connectivity index (χ2n) is 7.30. The lowest BCUT2D eigenvalue weighted by Gasteiger charge is -2.55. The van der Waals surface area contributed by atoms with Gasteiger partial charge in [0.05, 0.1) is 17.8 Å². The first kappa shape index (κ1) is 15.3. The largest absolute Gasteiger partial charge is 0.389 e. The fourth-order valence-electron chi connectivity index (χ4n) is 4.36. The van der Waals surface area contributed by atoms with E-state index in [9.17, 15) is 5.11 Å². The first-order valence-corrected chi connectivity index (χ1v) is 7.95. The Morgan fingerprint density at radius 1 is 1.37 bits per heavy atom. The van der Waals surface area contributed by atoms with E-state index in [1.165, 1.54) is 12.8 Å². The molecule has 1 heterocycles. The molecule has 1 aliphatic carbocycles. The minimum atomic E-state index is -0.639. The van der Waals surface area contributed by atoms with E-state index in [-0.39, 0.29) is 11.0 Å². The van der Waals surface area contributed by atoms with Crippen molar-refractivity contribution in [1.29, 1.82) is 0 Å². The van der Waals surface area contributed by atoms with Gasteiger partial charge in [0.25, 0.3) is 0 Å². The third kappa shape index (κ3) is 2.70. The Labute approximate surface area is 117 Å². The molecule has 1 saturated carbocycles. The predicted molar refractivity (Wildman–Crippen MR) is 78.0 cm³/mol. The molecule has 4 atom stereocenters. The van der Waals surface area contributed by atoms with Gasteiger partial charge in [0, 0.05) is 24.8 Å². The van der Waals surface area contributed by atoms with Crippen LogP contribution in [-0.2, 0) is 4.74 Å². The molecule has 0 amide bonds. The smallest absolute Gasteiger partial charge is 0.0765 e. The van der Waals surface area contributed by atoms with Crippen LogP contribution in [0.5, 0.6) is 0 Å². The highest BCUT2D eigenvalue weighted by molar-refractivity contribution is 5.06. The van der Waals surface area contributed by atoms with Gasteiger partial charge in [0.2, 0.25) is 0 Å². The van der Waals surface area contributed by atoms with Gasteiger partial charge in [-0.15, -0.1) is 0 Å². The molecule has 1 aliphatic heterocycles. The minimum Gasteiger partial charge on any atom is -0.389 e. The number of ether oxygens (including phenoxy) is 1. The molecule has 2 fully saturated rings. The van der Waals surface area contributed by atoms with Crippen LogP contribution in [0.25, 0.3) is 0 Å². The number of rotatable bonds is 3. The molecule has 0 aromatic rings. The summed E-state index contributed by atoms with van der Waals surface area (Å²) < 4.78 is 5.92. The normalized spacial score (nSPS) is 48.2. The molecule has 3 nitrogen and oxygen atoms in total. The van der Waals surface area contributed by atoms with Gasteiger partial charge in [-0.2, -0.15) is 0 Å². The zero-order valence-electron chi connectivity index (χ0n) is 12.9. The first-order chi connectivity index (χ1) is 8.89. The third-order valence-corrected chi connectivity index (χ3v) is 5.85. The molecule has 0 aromatic heterocycles. The standard InChI is InChI=1S/C16H31NO2/c1-4-14(3)11-16(18,8-9-19-14)15(12-17)7-5-6-13(2)10-15/h13,18H,4-12,17H2,1-3H3. The van der Waals surface area contributed by atoms with E-state index in [4.69, 9.17) is 10.5 Å². The van der Waals surface area contributed by atoms with Gasteiger partial charge in [0.1, 0.15) is 0 Å². The lowest BCUT2D eigenvalue weighted by molar-refractivity contribution is -0.209. The molecule has 0 spiro atoms. The van der Waals surface area contributed by atoms with E-state index in [0.717, 1.165) is 32.1 Å². The van der Waals surface area contributed by atoms with Crippen molar-refractivity contribution in [3.63, 3.8) is 0 Å². The van der Waals surface area contributed by atoms with Crippen LogP contribution in [0.4, 0.5) is 0 Å². The summed E-state index contributed by atoms with van der Waals surface area (Å²) in [6.45, 7) is 7.84. The van der Waals surface area contributed by atoms with Crippen LogP contribution in [0.15, 0.2) is 0 Å². The molecule has 0 radical (unpaired) electrons. The van der Waals surface area contributed by atoms with E-state index in [2.05, 4.69) is 20.8 Å². The lowest BCUT2D eigenvalue weighted by Crippen LogP contribution is -2.60. The monoisotopic (exact) mass is 269 g/mol. The maximum Gasteiger partial charge on any atom is 0.0765 e. The van der Waals surface area contributed by atoms with Gasteiger partial charge >= 0.3 is 0 Å². The molecule has 19 heavy (non-hydrogen) atoms. The maximum atomic E-state index is 11.4. The maximum absolute atomic E-state index is 11.4. The average Bonchev–Trinajstić information content (AvgIpc) is 2.38. The minimum absolute atomic E-state index is 0.0924. The SMILES string of the molecule is CCC1(C)CC(O)(C2(CN)CCCC(C)C2)CCO1. The van der Waals surface area contributed by atoms with E-state index in [1.54, 1.807) is 0 Å². The third-order valence-electron chi connectivity index (χ3n) is 5.85. The number of aliphatic hydroxyl groups is 1. The predicted octanol–water partition coefficient (Wildman–Crippen LogP) is 2.85. The van der Waals surface area contributed by atoms with E-state index < -0.39 is 5.60 Å². The molecule has 0 aromatic carbocycles. The van der Waals surface area contributed by atoms with Gasteiger partial charge in [0.15, 0.2) is 0 Å². The summed E-state index contributed by atoms with van der Waals surface area (Å²) in [5.41, 5.74) is 5.23. The van der Waals surface area contributed by atoms with Crippen molar-refractivity contribution in [3.05, 3.63) is 0 Å². The Bertz CT molecular complexity index is 322. The van der Waals surface area contributed by atoms with Gasteiger partial charge in [-0.1, -0.05) is 26.7 Å². The molecule has 4 unspecified atom stereocenters. The fraction of sp³-hybridized carbons (Fsp3) is 1.00. The van der Waals surface area contributed by atoms with Crippen molar-refractivity contribution >= 4 is 0 Å². The van der Waals surface area contributed by atoms with Crippen molar-refractivity contribution in [3.8, 4) is 0 Å². The Balaban J connectivity index is 2.25. The average molecular weight is 269 g/mol. The summed E-state index contributed by atoms with van der Waals surface area (Å²) in [6, 6.07) is 0. The van der Waals surface area contributed by atoms with E-state index in [0.29, 0.717) is 19.1 Å². The molecule has 0 bridgehead atoms. The molecule has 1 saturated heterocycles.